The predicted octanol–water partition coefficient (Wildman–Crippen LogP) is 3.87. The maximum absolute atomic E-state index is 11.0. The molecular weight excluding hydrogens is 280 g/mol. The van der Waals surface area contributed by atoms with Gasteiger partial charge in [0.1, 0.15) is 11.4 Å². The van der Waals surface area contributed by atoms with Crippen LogP contribution < -0.4 is 5.32 Å². The van der Waals surface area contributed by atoms with Gasteiger partial charge < -0.3 is 10.4 Å². The predicted molar refractivity (Wildman–Crippen MR) is 78.3 cm³/mol. The minimum absolute atomic E-state index is 0.00267. The second-order valence-electron chi connectivity index (χ2n) is 4.38. The van der Waals surface area contributed by atoms with E-state index in [1.54, 1.807) is 30.3 Å². The topological polar surface area (TPSA) is 75.4 Å². The summed E-state index contributed by atoms with van der Waals surface area (Å²) in [6.07, 6.45) is 0. The van der Waals surface area contributed by atoms with Crippen molar-refractivity contribution in [1.82, 2.24) is 0 Å². The Bertz CT molecular complexity index is 659. The van der Waals surface area contributed by atoms with E-state index in [0.29, 0.717) is 11.3 Å². The van der Waals surface area contributed by atoms with Crippen LogP contribution in [0.1, 0.15) is 11.1 Å². The van der Waals surface area contributed by atoms with E-state index in [4.69, 9.17) is 11.6 Å². The largest absolute Gasteiger partial charge is 0.506 e. The summed E-state index contributed by atoms with van der Waals surface area (Å²) in [5.74, 6) is -0.0167. The van der Waals surface area contributed by atoms with Crippen molar-refractivity contribution in [1.29, 1.82) is 0 Å². The van der Waals surface area contributed by atoms with E-state index in [9.17, 15) is 15.2 Å². The molecule has 0 aliphatic carbocycles. The molecule has 0 radical (unpaired) electrons. The van der Waals surface area contributed by atoms with E-state index in [2.05, 4.69) is 5.32 Å². The number of anilines is 1. The second-order valence-corrected chi connectivity index (χ2v) is 4.79. The highest BCUT2D eigenvalue weighted by molar-refractivity contribution is 6.32. The fourth-order valence-corrected chi connectivity index (χ4v) is 2.04. The van der Waals surface area contributed by atoms with Crippen LogP contribution in [0.2, 0.25) is 5.02 Å². The first kappa shape index (κ1) is 14.1. The van der Waals surface area contributed by atoms with Gasteiger partial charge in [-0.1, -0.05) is 29.8 Å². The highest BCUT2D eigenvalue weighted by Gasteiger charge is 2.14. The summed E-state index contributed by atoms with van der Waals surface area (Å²) in [5.41, 5.74) is 1.90. The van der Waals surface area contributed by atoms with Crippen LogP contribution in [0, 0.1) is 17.0 Å². The number of phenols is 1. The van der Waals surface area contributed by atoms with Gasteiger partial charge in [0, 0.05) is 18.2 Å². The van der Waals surface area contributed by atoms with Gasteiger partial charge in [-0.2, -0.15) is 0 Å². The van der Waals surface area contributed by atoms with Crippen LogP contribution in [-0.4, -0.2) is 10.0 Å². The molecule has 0 saturated carbocycles. The van der Waals surface area contributed by atoms with Crippen LogP contribution in [0.4, 0.5) is 11.4 Å². The van der Waals surface area contributed by atoms with Crippen molar-refractivity contribution in [3.8, 4) is 5.75 Å². The minimum atomic E-state index is -0.445. The Labute approximate surface area is 121 Å². The van der Waals surface area contributed by atoms with Gasteiger partial charge in [-0.3, -0.25) is 10.1 Å². The van der Waals surface area contributed by atoms with Crippen molar-refractivity contribution in [3.05, 3.63) is 62.7 Å². The molecule has 0 aliphatic rings. The van der Waals surface area contributed by atoms with Crippen molar-refractivity contribution in [2.75, 3.05) is 5.32 Å². The molecule has 0 aliphatic heterocycles. The smallest absolute Gasteiger partial charge is 0.292 e. The molecule has 2 aromatic rings. The Hall–Kier alpha value is -2.27. The van der Waals surface area contributed by atoms with E-state index in [-0.39, 0.29) is 23.0 Å². The highest BCUT2D eigenvalue weighted by atomic mass is 35.5. The number of benzene rings is 2. The van der Waals surface area contributed by atoms with Crippen molar-refractivity contribution >= 4 is 23.0 Å². The first-order valence-corrected chi connectivity index (χ1v) is 6.32. The highest BCUT2D eigenvalue weighted by Crippen LogP contribution is 2.29. The lowest BCUT2D eigenvalue weighted by Crippen LogP contribution is -2.03. The Balaban J connectivity index is 2.24. The molecule has 0 amide bonds. The van der Waals surface area contributed by atoms with E-state index in [1.165, 1.54) is 6.07 Å². The summed E-state index contributed by atoms with van der Waals surface area (Å²) in [5, 5.41) is 24.0. The monoisotopic (exact) mass is 292 g/mol. The second kappa shape index (κ2) is 5.79. The fourth-order valence-electron chi connectivity index (χ4n) is 1.84. The SMILES string of the molecule is Cc1ccc([N+](=O)[O-])c(NCc2cccc(Cl)c2O)c1. The lowest BCUT2D eigenvalue weighted by atomic mass is 10.1. The van der Waals surface area contributed by atoms with Gasteiger partial charge in [0.15, 0.2) is 0 Å². The number of halogens is 1. The number of hydrogen-bond acceptors (Lipinski definition) is 4. The standard InChI is InChI=1S/C14H13ClN2O3/c1-9-5-6-13(17(19)20)12(7-9)16-8-10-3-2-4-11(15)14(10)18/h2-7,16,18H,8H2,1H3. The molecule has 2 rings (SSSR count). The number of para-hydroxylation sites is 1. The molecule has 2 aromatic carbocycles. The summed E-state index contributed by atoms with van der Waals surface area (Å²) >= 11 is 5.82. The quantitative estimate of drug-likeness (QED) is 0.662. The minimum Gasteiger partial charge on any atom is -0.506 e. The summed E-state index contributed by atoms with van der Waals surface area (Å²) < 4.78 is 0. The number of rotatable bonds is 4. The molecule has 0 spiro atoms. The Morgan fingerprint density at radius 3 is 2.80 bits per heavy atom. The van der Waals surface area contributed by atoms with Gasteiger partial charge in [-0.05, 0) is 24.6 Å². The number of nitrogens with one attached hydrogen (secondary N) is 1. The van der Waals surface area contributed by atoms with E-state index >= 15 is 0 Å². The Morgan fingerprint density at radius 1 is 1.35 bits per heavy atom. The van der Waals surface area contributed by atoms with Crippen LogP contribution >= 0.6 is 11.6 Å². The number of nitro groups is 1. The maximum Gasteiger partial charge on any atom is 0.292 e. The lowest BCUT2D eigenvalue weighted by molar-refractivity contribution is -0.384. The third-order valence-corrected chi connectivity index (χ3v) is 3.19. The molecule has 2 N–H and O–H groups in total. The molecule has 0 aromatic heterocycles. The average Bonchev–Trinajstić information content (AvgIpc) is 2.40. The third kappa shape index (κ3) is 3.00. The molecule has 104 valence electrons. The number of nitrogens with zero attached hydrogens (tertiary/aromatic N) is 1. The van der Waals surface area contributed by atoms with Crippen LogP contribution in [0.25, 0.3) is 0 Å². The van der Waals surface area contributed by atoms with Gasteiger partial charge in [0.05, 0.1) is 9.95 Å². The summed E-state index contributed by atoms with van der Waals surface area (Å²) in [7, 11) is 0. The molecule has 0 atom stereocenters. The van der Waals surface area contributed by atoms with Crippen LogP contribution in [0.5, 0.6) is 5.75 Å². The fraction of sp³-hybridized carbons (Fsp3) is 0.143. The van der Waals surface area contributed by atoms with Crippen LogP contribution in [-0.2, 0) is 6.54 Å². The third-order valence-electron chi connectivity index (χ3n) is 2.89. The van der Waals surface area contributed by atoms with Crippen molar-refractivity contribution in [2.24, 2.45) is 0 Å². The number of nitro benzene ring substituents is 1. The zero-order chi connectivity index (χ0) is 14.7. The van der Waals surface area contributed by atoms with Crippen molar-refractivity contribution in [2.45, 2.75) is 13.5 Å². The van der Waals surface area contributed by atoms with Gasteiger partial charge in [0.2, 0.25) is 0 Å². The van der Waals surface area contributed by atoms with E-state index < -0.39 is 4.92 Å². The molecule has 20 heavy (non-hydrogen) atoms. The zero-order valence-corrected chi connectivity index (χ0v) is 11.5. The summed E-state index contributed by atoms with van der Waals surface area (Å²) in [4.78, 5) is 10.5. The van der Waals surface area contributed by atoms with Crippen molar-refractivity contribution < 1.29 is 10.0 Å². The Kier molecular flexibility index (Phi) is 4.10. The van der Waals surface area contributed by atoms with E-state index in [0.717, 1.165) is 5.56 Å². The molecule has 0 unspecified atom stereocenters. The van der Waals surface area contributed by atoms with Gasteiger partial charge in [-0.25, -0.2) is 0 Å². The Morgan fingerprint density at radius 2 is 2.10 bits per heavy atom. The molecule has 0 bridgehead atoms. The molecule has 6 heteroatoms. The number of phenolic OH excluding ortho intramolecular Hbond substituents is 1. The van der Waals surface area contributed by atoms with Gasteiger partial charge in [-0.15, -0.1) is 0 Å². The number of hydrogen-bond donors (Lipinski definition) is 2. The number of aryl methyl sites for hydroxylation is 1. The maximum atomic E-state index is 11.0. The number of aromatic hydroxyl groups is 1. The molecule has 0 heterocycles. The first-order valence-electron chi connectivity index (χ1n) is 5.94. The molecule has 0 fully saturated rings. The van der Waals surface area contributed by atoms with Gasteiger partial charge in [0.25, 0.3) is 5.69 Å². The lowest BCUT2D eigenvalue weighted by Gasteiger charge is -2.10. The molecular formula is C14H13ClN2O3. The van der Waals surface area contributed by atoms with Crippen LogP contribution in [0.15, 0.2) is 36.4 Å². The van der Waals surface area contributed by atoms with E-state index in [1.807, 2.05) is 6.92 Å². The summed E-state index contributed by atoms with van der Waals surface area (Å²) in [6.45, 7) is 2.10. The first-order chi connectivity index (χ1) is 9.49. The molecule has 0 saturated heterocycles. The normalized spacial score (nSPS) is 10.3. The van der Waals surface area contributed by atoms with Crippen LogP contribution in [0.3, 0.4) is 0 Å². The average molecular weight is 293 g/mol. The summed E-state index contributed by atoms with van der Waals surface area (Å²) in [6, 6.07) is 9.82. The molecule has 5 nitrogen and oxygen atoms in total. The van der Waals surface area contributed by atoms with Gasteiger partial charge >= 0.3 is 0 Å². The van der Waals surface area contributed by atoms with Crippen molar-refractivity contribution in [3.63, 3.8) is 0 Å². The zero-order valence-electron chi connectivity index (χ0n) is 10.8.